The molecule has 2 aromatic heterocycles. The Labute approximate surface area is 119 Å². The van der Waals surface area contributed by atoms with Crippen LogP contribution in [0.1, 0.15) is 6.92 Å². The van der Waals surface area contributed by atoms with Gasteiger partial charge in [0.05, 0.1) is 0 Å². The highest BCUT2D eigenvalue weighted by Gasteiger charge is 2.12. The van der Waals surface area contributed by atoms with Crippen molar-refractivity contribution in [2.75, 3.05) is 5.32 Å². The highest BCUT2D eigenvalue weighted by Crippen LogP contribution is 2.02. The fourth-order valence-corrected chi connectivity index (χ4v) is 1.15. The maximum absolute atomic E-state index is 11.5. The molecule has 0 unspecified atom stereocenters. The summed E-state index contributed by atoms with van der Waals surface area (Å²) < 4.78 is 0. The van der Waals surface area contributed by atoms with Crippen LogP contribution in [-0.2, 0) is 4.79 Å². The summed E-state index contributed by atoms with van der Waals surface area (Å²) in [5, 5.41) is 11.3. The van der Waals surface area contributed by atoms with Gasteiger partial charge in [-0.05, 0) is 6.92 Å². The number of H-pyrrole nitrogens is 1. The average molecular weight is 308 g/mol. The van der Waals surface area contributed by atoms with Gasteiger partial charge < -0.3 is 5.11 Å². The number of aliphatic hydroxyl groups excluding tert-OH is 1. The van der Waals surface area contributed by atoms with Crippen molar-refractivity contribution >= 4 is 47.8 Å². The normalized spacial score (nSPS) is 11.1. The van der Waals surface area contributed by atoms with E-state index in [1.54, 1.807) is 0 Å². The Morgan fingerprint density at radius 1 is 1.37 bits per heavy atom. The summed E-state index contributed by atoms with van der Waals surface area (Å²) in [6, 6.07) is 0. The van der Waals surface area contributed by atoms with E-state index in [0.717, 1.165) is 0 Å². The molecule has 104 valence electrons. The van der Waals surface area contributed by atoms with Crippen LogP contribution in [0.25, 0.3) is 11.2 Å². The molecule has 0 spiro atoms. The summed E-state index contributed by atoms with van der Waals surface area (Å²) in [5.41, 5.74) is -0.302. The summed E-state index contributed by atoms with van der Waals surface area (Å²) in [6.45, 7) is 1.30. The Balaban J connectivity index is 0.00000162. The Morgan fingerprint density at radius 3 is 2.63 bits per heavy atom. The monoisotopic (exact) mass is 307 g/mol. The Hall–Kier alpha value is -1.77. The molecule has 10 heteroatoms. The van der Waals surface area contributed by atoms with Crippen LogP contribution in [0.3, 0.4) is 0 Å². The predicted molar refractivity (Wildman–Crippen MR) is 72.8 cm³/mol. The summed E-state index contributed by atoms with van der Waals surface area (Å²) >= 11 is 0. The molecular weight excluding hydrogens is 297 g/mol. The number of nitrogens with one attached hydrogen (secondary N) is 2. The van der Waals surface area contributed by atoms with Gasteiger partial charge in [0.2, 0.25) is 5.95 Å². The third-order valence-electron chi connectivity index (χ3n) is 1.96. The number of rotatable bonds is 2. The molecule has 0 aliphatic carbocycles. The lowest BCUT2D eigenvalue weighted by molar-refractivity contribution is -0.123. The summed E-state index contributed by atoms with van der Waals surface area (Å²) in [7, 11) is 0. The van der Waals surface area contributed by atoms with E-state index in [9.17, 15) is 9.59 Å². The van der Waals surface area contributed by atoms with Gasteiger partial charge in [-0.2, -0.15) is 4.98 Å². The Bertz CT molecular complexity index is 631. The molecule has 0 radical (unpaired) electrons. The molecule has 2 aromatic rings. The lowest BCUT2D eigenvalue weighted by atomic mass is 10.4. The first-order chi connectivity index (χ1) is 8.08. The second kappa shape index (κ2) is 6.98. The number of carbonyl (C=O) groups excluding carboxylic acids is 1. The summed E-state index contributed by atoms with van der Waals surface area (Å²) in [5.74, 6) is -0.745. The van der Waals surface area contributed by atoms with Gasteiger partial charge in [-0.25, -0.2) is 9.97 Å². The highest BCUT2D eigenvalue weighted by atomic mass is 35.5. The summed E-state index contributed by atoms with van der Waals surface area (Å²) in [4.78, 5) is 36.6. The number of nitrogens with zero attached hydrogens (tertiary/aromatic N) is 3. The van der Waals surface area contributed by atoms with E-state index in [1.165, 1.54) is 19.3 Å². The summed E-state index contributed by atoms with van der Waals surface area (Å²) in [6.07, 6.45) is 1.56. The lowest BCUT2D eigenvalue weighted by Gasteiger charge is -2.05. The number of hydrogen-bond donors (Lipinski definition) is 3. The van der Waals surface area contributed by atoms with Crippen molar-refractivity contribution in [2.45, 2.75) is 13.0 Å². The third-order valence-corrected chi connectivity index (χ3v) is 1.96. The minimum atomic E-state index is -1.20. The first-order valence-electron chi connectivity index (χ1n) is 4.78. The topological polar surface area (TPSA) is 121 Å². The minimum Gasteiger partial charge on any atom is -0.384 e. The molecule has 2 rings (SSSR count). The molecule has 0 saturated carbocycles. The van der Waals surface area contributed by atoms with E-state index >= 15 is 0 Å². The van der Waals surface area contributed by atoms with E-state index in [0.29, 0.717) is 0 Å². The molecule has 8 nitrogen and oxygen atoms in total. The van der Waals surface area contributed by atoms with E-state index in [2.05, 4.69) is 25.3 Å². The number of aromatic nitrogens is 4. The zero-order valence-corrected chi connectivity index (χ0v) is 11.3. The van der Waals surface area contributed by atoms with E-state index in [-0.39, 0.29) is 41.9 Å². The molecule has 3 N–H and O–H groups in total. The molecule has 0 saturated heterocycles. The highest BCUT2D eigenvalue weighted by molar-refractivity contribution is 5.92. The molecule has 0 aliphatic heterocycles. The molecule has 0 fully saturated rings. The first kappa shape index (κ1) is 17.2. The van der Waals surface area contributed by atoms with Crippen molar-refractivity contribution in [1.29, 1.82) is 0 Å². The van der Waals surface area contributed by atoms with Crippen molar-refractivity contribution in [3.8, 4) is 0 Å². The second-order valence-corrected chi connectivity index (χ2v) is 3.31. The van der Waals surface area contributed by atoms with Crippen molar-refractivity contribution in [2.24, 2.45) is 0 Å². The van der Waals surface area contributed by atoms with Crippen LogP contribution in [0.5, 0.6) is 0 Å². The number of aliphatic hydroxyl groups is 1. The number of hydrogen-bond acceptors (Lipinski definition) is 6. The minimum absolute atomic E-state index is 0. The van der Waals surface area contributed by atoms with Gasteiger partial charge in [0.25, 0.3) is 11.5 Å². The SMILES string of the molecule is C[C@H](O)C(=O)Nc1nc2nccnc2c(=O)[nH]1.Cl.Cl. The predicted octanol–water partition coefficient (Wildman–Crippen LogP) is -0.124. The van der Waals surface area contributed by atoms with E-state index < -0.39 is 17.6 Å². The molecule has 0 bridgehead atoms. The van der Waals surface area contributed by atoms with Crippen LogP contribution in [0, 0.1) is 0 Å². The van der Waals surface area contributed by atoms with Crippen molar-refractivity contribution < 1.29 is 9.90 Å². The standard InChI is InChI=1S/C9H9N5O3.2ClH/c1-4(15)7(16)13-9-12-6-5(8(17)14-9)10-2-3-11-6;;/h2-4,15H,1H3,(H2,11,12,13,14,16,17);2*1H/t4-;;/m0../s1. The second-order valence-electron chi connectivity index (χ2n) is 3.31. The third kappa shape index (κ3) is 3.85. The van der Waals surface area contributed by atoms with Crippen LogP contribution < -0.4 is 10.9 Å². The number of fused-ring (bicyclic) bond motifs is 1. The van der Waals surface area contributed by atoms with Crippen LogP contribution >= 0.6 is 24.8 Å². The molecule has 0 aromatic carbocycles. The largest absolute Gasteiger partial charge is 0.384 e. The van der Waals surface area contributed by atoms with E-state index in [1.807, 2.05) is 0 Å². The average Bonchev–Trinajstić information content (AvgIpc) is 2.29. The van der Waals surface area contributed by atoms with Crippen LogP contribution in [0.4, 0.5) is 5.95 Å². The maximum Gasteiger partial charge on any atom is 0.280 e. The van der Waals surface area contributed by atoms with Gasteiger partial charge in [0.1, 0.15) is 6.10 Å². The zero-order valence-electron chi connectivity index (χ0n) is 9.65. The Morgan fingerprint density at radius 2 is 2.00 bits per heavy atom. The molecule has 1 amide bonds. The van der Waals surface area contributed by atoms with E-state index in [4.69, 9.17) is 5.11 Å². The van der Waals surface area contributed by atoms with Crippen LogP contribution in [0.2, 0.25) is 0 Å². The van der Waals surface area contributed by atoms with Crippen molar-refractivity contribution in [1.82, 2.24) is 19.9 Å². The first-order valence-corrected chi connectivity index (χ1v) is 4.78. The molecular formula is C9H11Cl2N5O3. The van der Waals surface area contributed by atoms with Gasteiger partial charge in [0, 0.05) is 12.4 Å². The van der Waals surface area contributed by atoms with Gasteiger partial charge in [-0.15, -0.1) is 24.8 Å². The molecule has 1 atom stereocenters. The zero-order chi connectivity index (χ0) is 12.4. The Kier molecular flexibility index (Phi) is 6.33. The van der Waals surface area contributed by atoms with Crippen LogP contribution in [0.15, 0.2) is 17.2 Å². The molecule has 2 heterocycles. The fraction of sp³-hybridized carbons (Fsp3) is 0.222. The van der Waals surface area contributed by atoms with Crippen LogP contribution in [-0.4, -0.2) is 37.1 Å². The van der Waals surface area contributed by atoms with Crippen molar-refractivity contribution in [3.05, 3.63) is 22.7 Å². The number of carbonyl (C=O) groups is 1. The fourth-order valence-electron chi connectivity index (χ4n) is 1.15. The quantitative estimate of drug-likeness (QED) is 0.711. The lowest BCUT2D eigenvalue weighted by Crippen LogP contribution is -2.27. The molecule has 19 heavy (non-hydrogen) atoms. The van der Waals surface area contributed by atoms with Gasteiger partial charge in [-0.3, -0.25) is 19.9 Å². The van der Waals surface area contributed by atoms with Gasteiger partial charge >= 0.3 is 0 Å². The maximum atomic E-state index is 11.5. The smallest absolute Gasteiger partial charge is 0.280 e. The number of amides is 1. The number of halogens is 2. The van der Waals surface area contributed by atoms with Gasteiger partial charge in [-0.1, -0.05) is 0 Å². The number of anilines is 1. The number of aromatic amines is 1. The van der Waals surface area contributed by atoms with Crippen molar-refractivity contribution in [3.63, 3.8) is 0 Å². The molecule has 0 aliphatic rings. The van der Waals surface area contributed by atoms with Gasteiger partial charge in [0.15, 0.2) is 11.2 Å².